The molecule has 0 saturated heterocycles. The van der Waals surface area contributed by atoms with Gasteiger partial charge in [-0.1, -0.05) is 30.2 Å². The summed E-state index contributed by atoms with van der Waals surface area (Å²) in [7, 11) is 0. The number of benzene rings is 2. The minimum Gasteiger partial charge on any atom is -0.322 e. The number of amides is 1. The summed E-state index contributed by atoms with van der Waals surface area (Å²) in [5.41, 5.74) is 2.39. The lowest BCUT2D eigenvalue weighted by atomic mass is 9.93. The molecule has 0 spiro atoms. The lowest BCUT2D eigenvalue weighted by Gasteiger charge is -2.26. The van der Waals surface area contributed by atoms with Crippen molar-refractivity contribution in [2.24, 2.45) is 0 Å². The van der Waals surface area contributed by atoms with Crippen molar-refractivity contribution in [1.82, 2.24) is 15.3 Å². The van der Waals surface area contributed by atoms with Crippen molar-refractivity contribution >= 4 is 51.7 Å². The van der Waals surface area contributed by atoms with Crippen molar-refractivity contribution < 1.29 is 9.18 Å². The SMILES string of the molecule is O=C(/C=C/CNC1CCC1)Nc1ccc2ncnc3c2c1C=CN3c1cccc(Cl)c1F. The molecule has 1 aromatic heterocycles. The summed E-state index contributed by atoms with van der Waals surface area (Å²) in [6.45, 7) is 0.667. The fraction of sp³-hybridized carbons (Fsp3) is 0.208. The lowest BCUT2D eigenvalue weighted by molar-refractivity contribution is -0.111. The van der Waals surface area contributed by atoms with Crippen molar-refractivity contribution in [3.05, 3.63) is 71.4 Å². The molecule has 2 N–H and O–H groups in total. The Bertz CT molecular complexity index is 1250. The Morgan fingerprint density at radius 3 is 2.94 bits per heavy atom. The summed E-state index contributed by atoms with van der Waals surface area (Å²) in [4.78, 5) is 22.8. The van der Waals surface area contributed by atoms with Gasteiger partial charge in [0.1, 0.15) is 12.1 Å². The molecule has 8 heteroatoms. The van der Waals surface area contributed by atoms with E-state index in [-0.39, 0.29) is 16.6 Å². The molecule has 1 aliphatic heterocycles. The summed E-state index contributed by atoms with van der Waals surface area (Å²) >= 11 is 5.98. The normalized spacial score (nSPS) is 15.4. The first-order valence-electron chi connectivity index (χ1n) is 10.5. The van der Waals surface area contributed by atoms with Crippen LogP contribution in [0.15, 0.2) is 55.0 Å². The van der Waals surface area contributed by atoms with Crippen molar-refractivity contribution in [2.75, 3.05) is 16.8 Å². The Labute approximate surface area is 189 Å². The molecule has 0 radical (unpaired) electrons. The zero-order chi connectivity index (χ0) is 22.1. The molecule has 0 atom stereocenters. The largest absolute Gasteiger partial charge is 0.322 e. The Morgan fingerprint density at radius 2 is 2.12 bits per heavy atom. The van der Waals surface area contributed by atoms with Crippen LogP contribution in [0.1, 0.15) is 24.8 Å². The predicted molar refractivity (Wildman–Crippen MR) is 126 cm³/mol. The molecule has 6 nitrogen and oxygen atoms in total. The molecular weight excluding hydrogens is 429 g/mol. The Hall–Kier alpha value is -3.29. The third-order valence-electron chi connectivity index (χ3n) is 5.79. The third-order valence-corrected chi connectivity index (χ3v) is 6.08. The second kappa shape index (κ2) is 8.68. The van der Waals surface area contributed by atoms with E-state index in [4.69, 9.17) is 11.6 Å². The molecule has 32 heavy (non-hydrogen) atoms. The first-order chi connectivity index (χ1) is 15.6. The highest BCUT2D eigenvalue weighted by Gasteiger charge is 2.23. The van der Waals surface area contributed by atoms with E-state index in [1.807, 2.05) is 24.3 Å². The van der Waals surface area contributed by atoms with Crippen LogP contribution < -0.4 is 15.5 Å². The topological polar surface area (TPSA) is 70.1 Å². The quantitative estimate of drug-likeness (QED) is 0.507. The van der Waals surface area contributed by atoms with E-state index in [1.165, 1.54) is 37.7 Å². The zero-order valence-corrected chi connectivity index (χ0v) is 17.9. The lowest BCUT2D eigenvalue weighted by Crippen LogP contribution is -2.35. The maximum atomic E-state index is 14.7. The third kappa shape index (κ3) is 3.85. The number of rotatable bonds is 6. The highest BCUT2D eigenvalue weighted by Crippen LogP contribution is 2.40. The maximum absolute atomic E-state index is 14.7. The number of halogens is 2. The molecule has 2 aromatic carbocycles. The molecule has 2 aliphatic rings. The number of nitrogens with zero attached hydrogens (tertiary/aromatic N) is 3. The standard InChI is InChI=1S/C24H21ClFN5O/c25-17-6-2-7-20(23(17)26)31-13-11-16-18(9-10-19-22(16)24(31)29-14-28-19)30-21(32)8-3-12-27-15-4-1-5-15/h2-3,6-11,13-15,27H,1,4-5,12H2,(H,30,32)/b8-3+. The minimum absolute atomic E-state index is 0.0339. The van der Waals surface area contributed by atoms with Gasteiger partial charge in [-0.2, -0.15) is 0 Å². The van der Waals surface area contributed by atoms with Gasteiger partial charge in [0.25, 0.3) is 0 Å². The molecule has 0 bridgehead atoms. The van der Waals surface area contributed by atoms with Crippen molar-refractivity contribution in [2.45, 2.75) is 25.3 Å². The van der Waals surface area contributed by atoms with Gasteiger partial charge in [-0.15, -0.1) is 0 Å². The van der Waals surface area contributed by atoms with Crippen LogP contribution in [0, 0.1) is 5.82 Å². The first kappa shape index (κ1) is 20.6. The number of carbonyl (C=O) groups is 1. The summed E-state index contributed by atoms with van der Waals surface area (Å²) in [6, 6.07) is 9.02. The molecule has 162 valence electrons. The Balaban J connectivity index is 1.43. The van der Waals surface area contributed by atoms with Crippen LogP contribution in [0.5, 0.6) is 0 Å². The molecule has 2 heterocycles. The van der Waals surface area contributed by atoms with E-state index in [0.717, 1.165) is 10.9 Å². The molecule has 5 rings (SSSR count). The summed E-state index contributed by atoms with van der Waals surface area (Å²) in [5.74, 6) is -0.227. The van der Waals surface area contributed by atoms with E-state index >= 15 is 0 Å². The number of anilines is 3. The Kier molecular flexibility index (Phi) is 5.59. The first-order valence-corrected chi connectivity index (χ1v) is 10.9. The van der Waals surface area contributed by atoms with Gasteiger partial charge in [0, 0.05) is 36.1 Å². The number of aromatic nitrogens is 2. The summed E-state index contributed by atoms with van der Waals surface area (Å²) in [5, 5.41) is 7.08. The van der Waals surface area contributed by atoms with Crippen molar-refractivity contribution in [3.8, 4) is 0 Å². The smallest absolute Gasteiger partial charge is 0.248 e. The van der Waals surface area contributed by atoms with E-state index in [0.29, 0.717) is 29.6 Å². The molecule has 1 saturated carbocycles. The van der Waals surface area contributed by atoms with Crippen LogP contribution in [-0.4, -0.2) is 28.5 Å². The average Bonchev–Trinajstić information content (AvgIpc) is 2.76. The fourth-order valence-corrected chi connectivity index (χ4v) is 4.08. The van der Waals surface area contributed by atoms with Gasteiger partial charge in [0.15, 0.2) is 5.82 Å². The van der Waals surface area contributed by atoms with Gasteiger partial charge in [-0.25, -0.2) is 14.4 Å². The molecular formula is C24H21ClFN5O. The molecule has 1 amide bonds. The van der Waals surface area contributed by atoms with Gasteiger partial charge in [0.05, 0.1) is 21.6 Å². The highest BCUT2D eigenvalue weighted by atomic mass is 35.5. The van der Waals surface area contributed by atoms with Gasteiger partial charge in [0.2, 0.25) is 5.91 Å². The van der Waals surface area contributed by atoms with Crippen LogP contribution in [0.25, 0.3) is 17.0 Å². The second-order valence-corrected chi connectivity index (χ2v) is 8.21. The average molecular weight is 450 g/mol. The molecule has 0 unspecified atom stereocenters. The zero-order valence-electron chi connectivity index (χ0n) is 17.2. The Morgan fingerprint density at radius 1 is 1.25 bits per heavy atom. The number of hydrogen-bond acceptors (Lipinski definition) is 5. The molecule has 3 aromatic rings. The van der Waals surface area contributed by atoms with Gasteiger partial charge in [-0.05, 0) is 43.2 Å². The predicted octanol–water partition coefficient (Wildman–Crippen LogP) is 5.18. The van der Waals surface area contributed by atoms with Crippen LogP contribution in [0.3, 0.4) is 0 Å². The number of nitrogens with one attached hydrogen (secondary N) is 2. The van der Waals surface area contributed by atoms with E-state index in [1.54, 1.807) is 23.2 Å². The minimum atomic E-state index is -0.529. The highest BCUT2D eigenvalue weighted by molar-refractivity contribution is 6.31. The van der Waals surface area contributed by atoms with Gasteiger partial charge < -0.3 is 10.6 Å². The fourth-order valence-electron chi connectivity index (χ4n) is 3.91. The molecule has 1 aliphatic carbocycles. The second-order valence-electron chi connectivity index (χ2n) is 7.80. The van der Waals surface area contributed by atoms with E-state index < -0.39 is 5.82 Å². The van der Waals surface area contributed by atoms with Crippen molar-refractivity contribution in [1.29, 1.82) is 0 Å². The van der Waals surface area contributed by atoms with Gasteiger partial charge in [-0.3, -0.25) is 9.69 Å². The van der Waals surface area contributed by atoms with Crippen molar-refractivity contribution in [3.63, 3.8) is 0 Å². The number of hydrogen-bond donors (Lipinski definition) is 2. The van der Waals surface area contributed by atoms with E-state index in [2.05, 4.69) is 20.6 Å². The molecule has 1 fully saturated rings. The van der Waals surface area contributed by atoms with Crippen LogP contribution in [0.2, 0.25) is 5.02 Å². The number of carbonyl (C=O) groups excluding carboxylic acids is 1. The van der Waals surface area contributed by atoms with Crippen LogP contribution in [-0.2, 0) is 4.79 Å². The van der Waals surface area contributed by atoms with Crippen LogP contribution >= 0.6 is 11.6 Å². The van der Waals surface area contributed by atoms with Gasteiger partial charge >= 0.3 is 0 Å². The van der Waals surface area contributed by atoms with E-state index in [9.17, 15) is 9.18 Å². The maximum Gasteiger partial charge on any atom is 0.248 e. The monoisotopic (exact) mass is 449 g/mol. The summed E-state index contributed by atoms with van der Waals surface area (Å²) < 4.78 is 14.7. The summed E-state index contributed by atoms with van der Waals surface area (Å²) in [6.07, 6.45) is 12.0. The van der Waals surface area contributed by atoms with Crippen LogP contribution in [0.4, 0.5) is 21.6 Å².